The Labute approximate surface area is 84.7 Å². The number of hydrogen-bond donors (Lipinski definition) is 2. The Balaban J connectivity index is 2.57. The van der Waals surface area contributed by atoms with Gasteiger partial charge in [-0.3, -0.25) is 0 Å². The van der Waals surface area contributed by atoms with E-state index in [1.54, 1.807) is 7.11 Å². The molecule has 0 saturated carbocycles. The summed E-state index contributed by atoms with van der Waals surface area (Å²) in [4.78, 5) is 0. The first-order chi connectivity index (χ1) is 6.77. The molecule has 0 unspecified atom stereocenters. The third-order valence-corrected chi connectivity index (χ3v) is 2.06. The molecular formula is C11H17NO2. The Morgan fingerprint density at radius 2 is 2.21 bits per heavy atom. The van der Waals surface area contributed by atoms with Gasteiger partial charge in [0.1, 0.15) is 5.75 Å². The summed E-state index contributed by atoms with van der Waals surface area (Å²) < 4.78 is 5.16. The molecule has 1 aromatic carbocycles. The number of benzene rings is 1. The van der Waals surface area contributed by atoms with Crippen LogP contribution in [0.25, 0.3) is 0 Å². The SMILES string of the molecule is COc1ccc(NCCCO)cc1C. The van der Waals surface area contributed by atoms with E-state index in [2.05, 4.69) is 5.32 Å². The summed E-state index contributed by atoms with van der Waals surface area (Å²) in [5.74, 6) is 0.901. The monoisotopic (exact) mass is 195 g/mol. The van der Waals surface area contributed by atoms with Crippen LogP contribution >= 0.6 is 0 Å². The van der Waals surface area contributed by atoms with Crippen molar-refractivity contribution in [3.8, 4) is 5.75 Å². The van der Waals surface area contributed by atoms with E-state index in [1.807, 2.05) is 25.1 Å². The molecule has 78 valence electrons. The summed E-state index contributed by atoms with van der Waals surface area (Å²) in [6.07, 6.45) is 0.769. The number of anilines is 1. The second kappa shape index (κ2) is 5.50. The fourth-order valence-corrected chi connectivity index (χ4v) is 1.30. The lowest BCUT2D eigenvalue weighted by molar-refractivity contribution is 0.292. The van der Waals surface area contributed by atoms with Crippen LogP contribution in [0.2, 0.25) is 0 Å². The topological polar surface area (TPSA) is 41.5 Å². The molecule has 0 radical (unpaired) electrons. The fourth-order valence-electron chi connectivity index (χ4n) is 1.30. The minimum absolute atomic E-state index is 0.224. The summed E-state index contributed by atoms with van der Waals surface area (Å²) in [7, 11) is 1.67. The minimum Gasteiger partial charge on any atom is -0.496 e. The van der Waals surface area contributed by atoms with Crippen molar-refractivity contribution in [3.63, 3.8) is 0 Å². The van der Waals surface area contributed by atoms with Gasteiger partial charge in [0.05, 0.1) is 7.11 Å². The molecule has 1 aromatic rings. The molecule has 0 saturated heterocycles. The molecule has 0 heterocycles. The van der Waals surface area contributed by atoms with Crippen molar-refractivity contribution < 1.29 is 9.84 Å². The number of aryl methyl sites for hydroxylation is 1. The number of nitrogens with one attached hydrogen (secondary N) is 1. The third kappa shape index (κ3) is 2.92. The van der Waals surface area contributed by atoms with E-state index in [1.165, 1.54) is 0 Å². The van der Waals surface area contributed by atoms with Crippen LogP contribution < -0.4 is 10.1 Å². The van der Waals surface area contributed by atoms with Crippen LogP contribution in [0.15, 0.2) is 18.2 Å². The molecule has 14 heavy (non-hydrogen) atoms. The number of aliphatic hydroxyl groups excluding tert-OH is 1. The summed E-state index contributed by atoms with van der Waals surface area (Å²) in [6.45, 7) is 3.03. The van der Waals surface area contributed by atoms with Crippen molar-refractivity contribution in [2.45, 2.75) is 13.3 Å². The van der Waals surface area contributed by atoms with Gasteiger partial charge in [0.15, 0.2) is 0 Å². The molecule has 0 bridgehead atoms. The number of rotatable bonds is 5. The Morgan fingerprint density at radius 3 is 2.79 bits per heavy atom. The molecular weight excluding hydrogens is 178 g/mol. The van der Waals surface area contributed by atoms with Crippen molar-refractivity contribution >= 4 is 5.69 Å². The predicted molar refractivity (Wildman–Crippen MR) is 57.9 cm³/mol. The second-order valence-corrected chi connectivity index (χ2v) is 3.19. The van der Waals surface area contributed by atoms with Gasteiger partial charge in [0, 0.05) is 18.8 Å². The Bertz CT molecular complexity index is 287. The summed E-state index contributed by atoms with van der Waals surface area (Å²) >= 11 is 0. The summed E-state index contributed by atoms with van der Waals surface area (Å²) in [5.41, 5.74) is 2.18. The minimum atomic E-state index is 0.224. The van der Waals surface area contributed by atoms with Crippen LogP contribution in [0.4, 0.5) is 5.69 Å². The lowest BCUT2D eigenvalue weighted by Crippen LogP contribution is -2.03. The zero-order valence-corrected chi connectivity index (χ0v) is 8.71. The highest BCUT2D eigenvalue weighted by molar-refractivity contribution is 5.50. The quantitative estimate of drug-likeness (QED) is 0.704. The van der Waals surface area contributed by atoms with Gasteiger partial charge in [-0.25, -0.2) is 0 Å². The zero-order chi connectivity index (χ0) is 10.4. The lowest BCUT2D eigenvalue weighted by atomic mass is 10.2. The predicted octanol–water partition coefficient (Wildman–Crippen LogP) is 1.80. The van der Waals surface area contributed by atoms with Crippen LogP contribution in [0, 0.1) is 6.92 Å². The van der Waals surface area contributed by atoms with Crippen LogP contribution in [0.3, 0.4) is 0 Å². The number of aliphatic hydroxyl groups is 1. The van der Waals surface area contributed by atoms with Gasteiger partial charge >= 0.3 is 0 Å². The van der Waals surface area contributed by atoms with Crippen molar-refractivity contribution in [1.29, 1.82) is 0 Å². The number of ether oxygens (including phenoxy) is 1. The first-order valence-corrected chi connectivity index (χ1v) is 4.77. The molecule has 1 rings (SSSR count). The molecule has 0 aliphatic heterocycles. The molecule has 0 spiro atoms. The Morgan fingerprint density at radius 1 is 1.43 bits per heavy atom. The van der Waals surface area contributed by atoms with E-state index in [0.717, 1.165) is 30.0 Å². The zero-order valence-electron chi connectivity index (χ0n) is 8.71. The maximum absolute atomic E-state index is 8.62. The molecule has 3 heteroatoms. The standard InChI is InChI=1S/C11H17NO2/c1-9-8-10(12-6-3-7-13)4-5-11(9)14-2/h4-5,8,12-13H,3,6-7H2,1-2H3. The van der Waals surface area contributed by atoms with Gasteiger partial charge < -0.3 is 15.2 Å². The molecule has 0 amide bonds. The number of methoxy groups -OCH3 is 1. The average molecular weight is 195 g/mol. The second-order valence-electron chi connectivity index (χ2n) is 3.19. The van der Waals surface area contributed by atoms with E-state index in [0.29, 0.717) is 0 Å². The summed E-state index contributed by atoms with van der Waals surface area (Å²) in [6, 6.07) is 5.95. The third-order valence-electron chi connectivity index (χ3n) is 2.06. The Kier molecular flexibility index (Phi) is 4.26. The fraction of sp³-hybridized carbons (Fsp3) is 0.455. The molecule has 0 aliphatic rings. The highest BCUT2D eigenvalue weighted by Gasteiger charge is 1.98. The first kappa shape index (κ1) is 10.9. The van der Waals surface area contributed by atoms with Gasteiger partial charge in [-0.05, 0) is 37.1 Å². The largest absolute Gasteiger partial charge is 0.496 e. The highest BCUT2D eigenvalue weighted by atomic mass is 16.5. The first-order valence-electron chi connectivity index (χ1n) is 4.77. The van der Waals surface area contributed by atoms with E-state index in [9.17, 15) is 0 Å². The van der Waals surface area contributed by atoms with E-state index < -0.39 is 0 Å². The van der Waals surface area contributed by atoms with Gasteiger partial charge in [0.25, 0.3) is 0 Å². The highest BCUT2D eigenvalue weighted by Crippen LogP contribution is 2.21. The van der Waals surface area contributed by atoms with Crippen LogP contribution in [0.5, 0.6) is 5.75 Å². The van der Waals surface area contributed by atoms with Crippen LogP contribution in [-0.4, -0.2) is 25.4 Å². The average Bonchev–Trinajstić information content (AvgIpc) is 2.18. The maximum atomic E-state index is 8.62. The van der Waals surface area contributed by atoms with Gasteiger partial charge in [-0.15, -0.1) is 0 Å². The van der Waals surface area contributed by atoms with Gasteiger partial charge in [-0.2, -0.15) is 0 Å². The molecule has 0 aromatic heterocycles. The maximum Gasteiger partial charge on any atom is 0.121 e. The normalized spacial score (nSPS) is 9.93. The van der Waals surface area contributed by atoms with Crippen molar-refractivity contribution in [3.05, 3.63) is 23.8 Å². The molecule has 2 N–H and O–H groups in total. The van der Waals surface area contributed by atoms with Gasteiger partial charge in [0.2, 0.25) is 0 Å². The number of hydrogen-bond acceptors (Lipinski definition) is 3. The van der Waals surface area contributed by atoms with E-state index >= 15 is 0 Å². The van der Waals surface area contributed by atoms with Crippen molar-refractivity contribution in [1.82, 2.24) is 0 Å². The lowest BCUT2D eigenvalue weighted by Gasteiger charge is -2.09. The van der Waals surface area contributed by atoms with Crippen LogP contribution in [0.1, 0.15) is 12.0 Å². The summed E-state index contributed by atoms with van der Waals surface area (Å²) in [5, 5.41) is 11.8. The van der Waals surface area contributed by atoms with Gasteiger partial charge in [-0.1, -0.05) is 0 Å². The van der Waals surface area contributed by atoms with E-state index in [4.69, 9.17) is 9.84 Å². The smallest absolute Gasteiger partial charge is 0.121 e. The Hall–Kier alpha value is -1.22. The van der Waals surface area contributed by atoms with E-state index in [-0.39, 0.29) is 6.61 Å². The van der Waals surface area contributed by atoms with Crippen molar-refractivity contribution in [2.75, 3.05) is 25.6 Å². The molecule has 0 aliphatic carbocycles. The van der Waals surface area contributed by atoms with Crippen LogP contribution in [-0.2, 0) is 0 Å². The molecule has 0 atom stereocenters. The van der Waals surface area contributed by atoms with Crippen molar-refractivity contribution in [2.24, 2.45) is 0 Å². The molecule has 3 nitrogen and oxygen atoms in total. The molecule has 0 fully saturated rings.